The summed E-state index contributed by atoms with van der Waals surface area (Å²) < 4.78 is 24.7. The first-order valence-corrected chi connectivity index (χ1v) is 8.06. The number of hydrogen-bond donors (Lipinski definition) is 0. The lowest BCUT2D eigenvalue weighted by atomic mass is 10.1. The molecule has 1 aliphatic rings. The standard InChI is InChI=1S/C9H15N3O2S2/c1-3-15-9-11-10-8(12(9)2)7-4-5-16(13,14)6-7/h7H,3-6H2,1-2H3/t7-/m1/s1. The second-order valence-electron chi connectivity index (χ2n) is 3.93. The Kier molecular flexibility index (Phi) is 3.25. The van der Waals surface area contributed by atoms with E-state index in [-0.39, 0.29) is 17.4 Å². The molecule has 7 heteroatoms. The summed E-state index contributed by atoms with van der Waals surface area (Å²) >= 11 is 1.62. The Labute approximate surface area is 99.6 Å². The summed E-state index contributed by atoms with van der Waals surface area (Å²) in [5, 5.41) is 9.05. The minimum Gasteiger partial charge on any atom is -0.309 e. The summed E-state index contributed by atoms with van der Waals surface area (Å²) in [5.74, 6) is 2.26. The van der Waals surface area contributed by atoms with Gasteiger partial charge in [0.25, 0.3) is 0 Å². The fraction of sp³-hybridized carbons (Fsp3) is 0.778. The molecule has 0 saturated carbocycles. The van der Waals surface area contributed by atoms with Crippen molar-refractivity contribution in [3.63, 3.8) is 0 Å². The molecule has 0 N–H and O–H groups in total. The summed E-state index contributed by atoms with van der Waals surface area (Å²) in [6.07, 6.45) is 0.672. The van der Waals surface area contributed by atoms with Crippen LogP contribution in [-0.4, -0.2) is 40.4 Å². The van der Waals surface area contributed by atoms with Crippen LogP contribution in [0.3, 0.4) is 0 Å². The second-order valence-corrected chi connectivity index (χ2v) is 7.39. The highest BCUT2D eigenvalue weighted by molar-refractivity contribution is 7.99. The van der Waals surface area contributed by atoms with Crippen LogP contribution in [0.25, 0.3) is 0 Å². The van der Waals surface area contributed by atoms with E-state index < -0.39 is 9.84 Å². The number of thioether (sulfide) groups is 1. The fourth-order valence-corrected chi connectivity index (χ4v) is 4.32. The van der Waals surface area contributed by atoms with Gasteiger partial charge in [-0.1, -0.05) is 18.7 Å². The molecule has 1 aromatic rings. The van der Waals surface area contributed by atoms with E-state index in [1.54, 1.807) is 11.8 Å². The molecule has 2 rings (SSSR count). The van der Waals surface area contributed by atoms with E-state index in [0.717, 1.165) is 16.7 Å². The SMILES string of the molecule is CCSc1nnc([C@@H]2CCS(=O)(=O)C2)n1C. The van der Waals surface area contributed by atoms with Gasteiger partial charge in [-0.15, -0.1) is 10.2 Å². The first kappa shape index (κ1) is 11.9. The zero-order valence-corrected chi connectivity index (χ0v) is 11.0. The quantitative estimate of drug-likeness (QED) is 0.754. The van der Waals surface area contributed by atoms with Gasteiger partial charge in [-0.05, 0) is 12.2 Å². The van der Waals surface area contributed by atoms with Crippen LogP contribution >= 0.6 is 11.8 Å². The lowest BCUT2D eigenvalue weighted by Crippen LogP contribution is -2.09. The Morgan fingerprint density at radius 1 is 1.50 bits per heavy atom. The molecule has 1 aromatic heterocycles. The smallest absolute Gasteiger partial charge is 0.190 e. The van der Waals surface area contributed by atoms with E-state index in [1.807, 2.05) is 11.6 Å². The van der Waals surface area contributed by atoms with Crippen LogP contribution in [-0.2, 0) is 16.9 Å². The van der Waals surface area contributed by atoms with Crippen LogP contribution in [0.2, 0.25) is 0 Å². The van der Waals surface area contributed by atoms with Gasteiger partial charge < -0.3 is 4.57 Å². The van der Waals surface area contributed by atoms with Gasteiger partial charge in [-0.3, -0.25) is 0 Å². The first-order valence-electron chi connectivity index (χ1n) is 5.26. The van der Waals surface area contributed by atoms with Gasteiger partial charge in [0.15, 0.2) is 15.0 Å². The van der Waals surface area contributed by atoms with Gasteiger partial charge in [-0.25, -0.2) is 8.42 Å². The summed E-state index contributed by atoms with van der Waals surface area (Å²) in [4.78, 5) is 0. The van der Waals surface area contributed by atoms with Gasteiger partial charge >= 0.3 is 0 Å². The van der Waals surface area contributed by atoms with Crippen LogP contribution in [0.4, 0.5) is 0 Å². The summed E-state index contributed by atoms with van der Waals surface area (Å²) in [7, 11) is -0.950. The van der Waals surface area contributed by atoms with Crippen LogP contribution in [0.15, 0.2) is 5.16 Å². The lowest BCUT2D eigenvalue weighted by Gasteiger charge is -2.07. The topological polar surface area (TPSA) is 64.8 Å². The van der Waals surface area contributed by atoms with Crippen molar-refractivity contribution in [1.29, 1.82) is 0 Å². The summed E-state index contributed by atoms with van der Waals surface area (Å²) in [6, 6.07) is 0. The molecule has 90 valence electrons. The van der Waals surface area contributed by atoms with Crippen molar-refractivity contribution in [3.8, 4) is 0 Å². The third kappa shape index (κ3) is 2.24. The Morgan fingerprint density at radius 3 is 2.81 bits per heavy atom. The molecule has 0 bridgehead atoms. The van der Waals surface area contributed by atoms with Gasteiger partial charge in [0.2, 0.25) is 0 Å². The maximum Gasteiger partial charge on any atom is 0.190 e. The predicted octanol–water partition coefficient (Wildman–Crippen LogP) is 0.829. The Morgan fingerprint density at radius 2 is 2.25 bits per heavy atom. The molecule has 0 unspecified atom stereocenters. The molecular weight excluding hydrogens is 246 g/mol. The molecule has 0 spiro atoms. The highest BCUT2D eigenvalue weighted by atomic mass is 32.2. The normalized spacial score (nSPS) is 23.8. The van der Waals surface area contributed by atoms with E-state index in [0.29, 0.717) is 6.42 Å². The predicted molar refractivity (Wildman–Crippen MR) is 63.4 cm³/mol. The number of aromatic nitrogens is 3. The first-order chi connectivity index (χ1) is 7.53. The minimum absolute atomic E-state index is 0.0220. The molecule has 5 nitrogen and oxygen atoms in total. The van der Waals surface area contributed by atoms with Crippen molar-refractivity contribution in [1.82, 2.24) is 14.8 Å². The molecule has 1 saturated heterocycles. The molecule has 0 aliphatic carbocycles. The summed E-state index contributed by atoms with van der Waals surface area (Å²) in [6.45, 7) is 2.05. The van der Waals surface area contributed by atoms with Crippen molar-refractivity contribution >= 4 is 21.6 Å². The van der Waals surface area contributed by atoms with E-state index in [1.165, 1.54) is 0 Å². The summed E-state index contributed by atoms with van der Waals surface area (Å²) in [5.41, 5.74) is 0. The highest BCUT2D eigenvalue weighted by Crippen LogP contribution is 2.29. The maximum atomic E-state index is 11.4. The van der Waals surface area contributed by atoms with Gasteiger partial charge in [0.1, 0.15) is 5.82 Å². The van der Waals surface area contributed by atoms with Gasteiger partial charge in [0, 0.05) is 13.0 Å². The van der Waals surface area contributed by atoms with Crippen molar-refractivity contribution in [3.05, 3.63) is 5.82 Å². The van der Waals surface area contributed by atoms with E-state index >= 15 is 0 Å². The van der Waals surface area contributed by atoms with Gasteiger partial charge in [0.05, 0.1) is 11.5 Å². The van der Waals surface area contributed by atoms with Crippen LogP contribution in [0.1, 0.15) is 25.1 Å². The van der Waals surface area contributed by atoms with E-state index in [9.17, 15) is 8.42 Å². The molecule has 0 amide bonds. The average molecular weight is 261 g/mol. The molecule has 2 heterocycles. The number of hydrogen-bond acceptors (Lipinski definition) is 5. The number of nitrogens with zero attached hydrogens (tertiary/aromatic N) is 3. The highest BCUT2D eigenvalue weighted by Gasteiger charge is 2.32. The number of rotatable bonds is 3. The number of sulfone groups is 1. The van der Waals surface area contributed by atoms with E-state index in [4.69, 9.17) is 0 Å². The molecule has 0 radical (unpaired) electrons. The van der Waals surface area contributed by atoms with Crippen LogP contribution in [0, 0.1) is 0 Å². The molecule has 16 heavy (non-hydrogen) atoms. The Balaban J connectivity index is 2.22. The molecule has 1 atom stereocenters. The monoisotopic (exact) mass is 261 g/mol. The molecular formula is C9H15N3O2S2. The second kappa shape index (κ2) is 4.37. The van der Waals surface area contributed by atoms with Crippen molar-refractivity contribution in [2.24, 2.45) is 7.05 Å². The fourth-order valence-electron chi connectivity index (χ4n) is 1.94. The third-order valence-electron chi connectivity index (χ3n) is 2.74. The largest absolute Gasteiger partial charge is 0.309 e. The van der Waals surface area contributed by atoms with Crippen molar-refractivity contribution in [2.45, 2.75) is 24.4 Å². The molecule has 1 fully saturated rings. The third-order valence-corrected chi connectivity index (χ3v) is 5.41. The minimum atomic E-state index is -2.85. The van der Waals surface area contributed by atoms with Crippen molar-refractivity contribution < 1.29 is 8.42 Å². The Bertz CT molecular complexity index is 481. The van der Waals surface area contributed by atoms with Crippen molar-refractivity contribution in [2.75, 3.05) is 17.3 Å². The molecule has 0 aromatic carbocycles. The van der Waals surface area contributed by atoms with E-state index in [2.05, 4.69) is 17.1 Å². The Hall–Kier alpha value is -0.560. The van der Waals surface area contributed by atoms with Crippen LogP contribution in [0.5, 0.6) is 0 Å². The molecule has 1 aliphatic heterocycles. The lowest BCUT2D eigenvalue weighted by molar-refractivity contribution is 0.599. The van der Waals surface area contributed by atoms with Crippen LogP contribution < -0.4 is 0 Å². The van der Waals surface area contributed by atoms with Gasteiger partial charge in [-0.2, -0.15) is 0 Å². The zero-order chi connectivity index (χ0) is 11.8. The zero-order valence-electron chi connectivity index (χ0n) is 9.38. The maximum absolute atomic E-state index is 11.4. The average Bonchev–Trinajstić information content (AvgIpc) is 2.72.